The predicted molar refractivity (Wildman–Crippen MR) is 53.2 cm³/mol. The van der Waals surface area contributed by atoms with Crippen LogP contribution in [0.4, 0.5) is 0 Å². The number of rotatable bonds is 8. The van der Waals surface area contributed by atoms with Crippen LogP contribution in [-0.4, -0.2) is 19.7 Å². The summed E-state index contributed by atoms with van der Waals surface area (Å²) in [6, 6.07) is 0. The molecule has 0 aromatic rings. The SMILES string of the molecule is CCCCCCCCN(N)S(=O)[O-]. The minimum atomic E-state index is -2.26. The lowest BCUT2D eigenvalue weighted by Gasteiger charge is -2.17. The van der Waals surface area contributed by atoms with Crippen molar-refractivity contribution < 1.29 is 8.76 Å². The maximum Gasteiger partial charge on any atom is 0.0350 e. The summed E-state index contributed by atoms with van der Waals surface area (Å²) in [5, 5.41) is 0. The molecular weight excluding hydrogens is 188 g/mol. The van der Waals surface area contributed by atoms with E-state index >= 15 is 0 Å². The van der Waals surface area contributed by atoms with Crippen LogP contribution in [-0.2, 0) is 11.3 Å². The average molecular weight is 207 g/mol. The molecule has 13 heavy (non-hydrogen) atoms. The molecule has 0 spiro atoms. The fraction of sp³-hybridized carbons (Fsp3) is 1.00. The lowest BCUT2D eigenvalue weighted by Crippen LogP contribution is -2.33. The first-order chi connectivity index (χ1) is 6.18. The van der Waals surface area contributed by atoms with Gasteiger partial charge in [0.15, 0.2) is 0 Å². The molecular formula is C8H19N2O2S-. The normalized spacial score (nSPS) is 13.5. The highest BCUT2D eigenvalue weighted by Crippen LogP contribution is 2.05. The van der Waals surface area contributed by atoms with Crippen molar-refractivity contribution in [3.8, 4) is 0 Å². The van der Waals surface area contributed by atoms with Crippen LogP contribution in [0.1, 0.15) is 45.4 Å². The maximum absolute atomic E-state index is 10.3. The Labute approximate surface area is 82.9 Å². The molecule has 0 aromatic carbocycles. The van der Waals surface area contributed by atoms with Crippen molar-refractivity contribution in [1.29, 1.82) is 0 Å². The molecule has 1 atom stereocenters. The molecule has 0 heterocycles. The summed E-state index contributed by atoms with van der Waals surface area (Å²) in [5.74, 6) is 5.18. The summed E-state index contributed by atoms with van der Waals surface area (Å²) in [6.07, 6.45) is 6.82. The monoisotopic (exact) mass is 207 g/mol. The molecule has 0 aliphatic rings. The number of hydrogen-bond acceptors (Lipinski definition) is 3. The van der Waals surface area contributed by atoms with Crippen molar-refractivity contribution in [2.45, 2.75) is 45.4 Å². The predicted octanol–water partition coefficient (Wildman–Crippen LogP) is 1.32. The number of hydrogen-bond donors (Lipinski definition) is 1. The van der Waals surface area contributed by atoms with Crippen LogP contribution in [0.15, 0.2) is 0 Å². The third-order valence-corrected chi connectivity index (χ3v) is 2.49. The molecule has 0 aliphatic carbocycles. The van der Waals surface area contributed by atoms with Gasteiger partial charge < -0.3 is 4.55 Å². The van der Waals surface area contributed by atoms with E-state index in [1.807, 2.05) is 0 Å². The summed E-state index contributed by atoms with van der Waals surface area (Å²) in [5.41, 5.74) is 0. The second-order valence-electron chi connectivity index (χ2n) is 3.13. The Bertz CT molecular complexity index is 144. The van der Waals surface area contributed by atoms with Crippen molar-refractivity contribution in [2.24, 2.45) is 5.84 Å². The first-order valence-electron chi connectivity index (χ1n) is 4.80. The molecule has 80 valence electrons. The van der Waals surface area contributed by atoms with Gasteiger partial charge in [-0.2, -0.15) is 4.41 Å². The largest absolute Gasteiger partial charge is 0.759 e. The van der Waals surface area contributed by atoms with Crippen LogP contribution in [0.2, 0.25) is 0 Å². The lowest BCUT2D eigenvalue weighted by molar-refractivity contribution is 0.387. The van der Waals surface area contributed by atoms with Crippen LogP contribution >= 0.6 is 0 Å². The molecule has 0 amide bonds. The van der Waals surface area contributed by atoms with E-state index in [4.69, 9.17) is 5.84 Å². The smallest absolute Gasteiger partial charge is 0.0350 e. The van der Waals surface area contributed by atoms with Crippen molar-refractivity contribution >= 4 is 11.3 Å². The van der Waals surface area contributed by atoms with E-state index in [0.717, 1.165) is 17.3 Å². The van der Waals surface area contributed by atoms with Gasteiger partial charge in [0.1, 0.15) is 0 Å². The zero-order chi connectivity index (χ0) is 10.1. The summed E-state index contributed by atoms with van der Waals surface area (Å²) < 4.78 is 21.4. The Morgan fingerprint density at radius 1 is 1.23 bits per heavy atom. The van der Waals surface area contributed by atoms with E-state index in [2.05, 4.69) is 6.92 Å². The first-order valence-corrected chi connectivity index (χ1v) is 5.83. The van der Waals surface area contributed by atoms with E-state index in [0.29, 0.717) is 6.54 Å². The Hall–Kier alpha value is 0.0300. The molecule has 0 rings (SSSR count). The molecule has 0 aromatic heterocycles. The summed E-state index contributed by atoms with van der Waals surface area (Å²) in [6.45, 7) is 2.60. The lowest BCUT2D eigenvalue weighted by atomic mass is 10.1. The minimum absolute atomic E-state index is 0.433. The second kappa shape index (κ2) is 8.62. The standard InChI is InChI=1S/C8H20N2O2S/c1-2-3-4-5-6-7-8-10(9)13(11)12/h2-9H2,1H3,(H,11,12)/p-1. The van der Waals surface area contributed by atoms with Crippen molar-refractivity contribution in [2.75, 3.05) is 6.54 Å². The fourth-order valence-corrected chi connectivity index (χ4v) is 1.40. The third-order valence-electron chi connectivity index (χ3n) is 1.92. The maximum atomic E-state index is 10.3. The highest BCUT2D eigenvalue weighted by Gasteiger charge is 1.97. The van der Waals surface area contributed by atoms with Crippen LogP contribution < -0.4 is 5.84 Å². The molecule has 2 N–H and O–H groups in total. The van der Waals surface area contributed by atoms with Crippen LogP contribution in [0, 0.1) is 0 Å². The number of unbranched alkanes of at least 4 members (excludes halogenated alkanes) is 5. The van der Waals surface area contributed by atoms with Crippen LogP contribution in [0.3, 0.4) is 0 Å². The van der Waals surface area contributed by atoms with Gasteiger partial charge in [0.2, 0.25) is 0 Å². The van der Waals surface area contributed by atoms with Gasteiger partial charge in [0.05, 0.1) is 0 Å². The molecule has 1 unspecified atom stereocenters. The van der Waals surface area contributed by atoms with Gasteiger partial charge in [-0.05, 0) is 6.42 Å². The van der Waals surface area contributed by atoms with Gasteiger partial charge in [-0.15, -0.1) is 0 Å². The number of nitrogens with zero attached hydrogens (tertiary/aromatic N) is 1. The van der Waals surface area contributed by atoms with Crippen LogP contribution in [0.5, 0.6) is 0 Å². The molecule has 0 saturated heterocycles. The van der Waals surface area contributed by atoms with E-state index in [1.54, 1.807) is 0 Å². The highest BCUT2D eigenvalue weighted by atomic mass is 32.2. The Balaban J connectivity index is 3.11. The van der Waals surface area contributed by atoms with Gasteiger partial charge >= 0.3 is 0 Å². The molecule has 0 saturated carbocycles. The zero-order valence-corrected chi connectivity index (χ0v) is 9.02. The van der Waals surface area contributed by atoms with E-state index in [9.17, 15) is 8.76 Å². The van der Waals surface area contributed by atoms with Crippen molar-refractivity contribution in [1.82, 2.24) is 4.41 Å². The minimum Gasteiger partial charge on any atom is -0.759 e. The van der Waals surface area contributed by atoms with Gasteiger partial charge in [-0.3, -0.25) is 10.1 Å². The fourth-order valence-electron chi connectivity index (χ4n) is 1.12. The molecule has 0 fully saturated rings. The number of nitrogens with two attached hydrogens (primary N) is 1. The summed E-state index contributed by atoms with van der Waals surface area (Å²) >= 11 is -2.26. The Morgan fingerprint density at radius 3 is 2.31 bits per heavy atom. The van der Waals surface area contributed by atoms with Crippen molar-refractivity contribution in [3.05, 3.63) is 0 Å². The molecule has 0 aliphatic heterocycles. The van der Waals surface area contributed by atoms with Crippen molar-refractivity contribution in [3.63, 3.8) is 0 Å². The van der Waals surface area contributed by atoms with Gasteiger partial charge in [-0.25, -0.2) is 0 Å². The Kier molecular flexibility index (Phi) is 8.64. The zero-order valence-electron chi connectivity index (χ0n) is 8.20. The first kappa shape index (κ1) is 13.0. The molecule has 0 bridgehead atoms. The van der Waals surface area contributed by atoms with E-state index in [1.165, 1.54) is 25.7 Å². The molecule has 4 nitrogen and oxygen atoms in total. The van der Waals surface area contributed by atoms with Gasteiger partial charge in [0.25, 0.3) is 0 Å². The quantitative estimate of drug-likeness (QED) is 0.282. The van der Waals surface area contributed by atoms with Crippen LogP contribution in [0.25, 0.3) is 0 Å². The average Bonchev–Trinajstić information content (AvgIpc) is 2.10. The van der Waals surface area contributed by atoms with E-state index < -0.39 is 11.3 Å². The van der Waals surface area contributed by atoms with E-state index in [-0.39, 0.29) is 0 Å². The molecule has 0 radical (unpaired) electrons. The number of hydrazine groups is 1. The summed E-state index contributed by atoms with van der Waals surface area (Å²) in [7, 11) is 0. The topological polar surface area (TPSA) is 69.4 Å². The highest BCUT2D eigenvalue weighted by molar-refractivity contribution is 7.76. The third kappa shape index (κ3) is 8.36. The summed E-state index contributed by atoms with van der Waals surface area (Å²) in [4.78, 5) is 0. The van der Waals surface area contributed by atoms with Gasteiger partial charge in [-0.1, -0.05) is 39.0 Å². The van der Waals surface area contributed by atoms with Gasteiger partial charge in [0, 0.05) is 17.8 Å². The Morgan fingerprint density at radius 2 is 1.77 bits per heavy atom. The second-order valence-corrected chi connectivity index (χ2v) is 4.03. The molecule has 5 heteroatoms.